The molecule has 37 heavy (non-hydrogen) atoms. The molecular weight excluding hydrogens is 456 g/mol. The van der Waals surface area contributed by atoms with Gasteiger partial charge in [0.2, 0.25) is 5.89 Å². The molecule has 1 aliphatic carbocycles. The summed E-state index contributed by atoms with van der Waals surface area (Å²) in [6.45, 7) is 5.12. The highest BCUT2D eigenvalue weighted by atomic mass is 16.5. The summed E-state index contributed by atoms with van der Waals surface area (Å²) in [4.78, 5) is 4.30. The van der Waals surface area contributed by atoms with Crippen LogP contribution in [0.2, 0.25) is 0 Å². The van der Waals surface area contributed by atoms with Crippen molar-refractivity contribution in [2.45, 2.75) is 25.9 Å². The second kappa shape index (κ2) is 9.14. The molecule has 0 saturated carbocycles. The second-order valence-electron chi connectivity index (χ2n) is 9.90. The average Bonchev–Trinajstić information content (AvgIpc) is 3.55. The molecule has 0 atom stereocenters. The molecule has 0 aliphatic heterocycles. The summed E-state index contributed by atoms with van der Waals surface area (Å²) >= 11 is 0. The van der Waals surface area contributed by atoms with Gasteiger partial charge in [-0.2, -0.15) is 0 Å². The molecular formula is C33H28N2O2. The molecule has 5 aromatic rings. The quantitative estimate of drug-likeness (QED) is 0.249. The number of benzene rings is 4. The van der Waals surface area contributed by atoms with Crippen LogP contribution >= 0.6 is 0 Å². The largest absolute Gasteiger partial charge is 0.495 e. The van der Waals surface area contributed by atoms with Gasteiger partial charge < -0.3 is 14.9 Å². The predicted octanol–water partition coefficient (Wildman–Crippen LogP) is 7.93. The molecule has 4 nitrogen and oxygen atoms in total. The van der Waals surface area contributed by atoms with Crippen LogP contribution in [0.25, 0.3) is 44.8 Å². The number of fused-ring (bicyclic) bond motifs is 3. The van der Waals surface area contributed by atoms with Gasteiger partial charge in [-0.15, -0.1) is 0 Å². The first-order chi connectivity index (χ1) is 18.0. The lowest BCUT2D eigenvalue weighted by molar-refractivity contribution is 0.236. The topological polar surface area (TPSA) is 61.3 Å². The maximum Gasteiger partial charge on any atom is 0.225 e. The van der Waals surface area contributed by atoms with Crippen molar-refractivity contribution in [3.63, 3.8) is 0 Å². The van der Waals surface area contributed by atoms with Crippen LogP contribution in [0.15, 0.2) is 114 Å². The van der Waals surface area contributed by atoms with Gasteiger partial charge in [-0.1, -0.05) is 68.4 Å². The number of aromatic nitrogens is 1. The summed E-state index contributed by atoms with van der Waals surface area (Å²) in [7, 11) is 0. The van der Waals surface area contributed by atoms with Crippen LogP contribution in [-0.2, 0) is 16.8 Å². The van der Waals surface area contributed by atoms with E-state index in [-0.39, 0.29) is 5.41 Å². The van der Waals surface area contributed by atoms with Crippen molar-refractivity contribution in [1.82, 2.24) is 4.98 Å². The molecule has 0 radical (unpaired) electrons. The van der Waals surface area contributed by atoms with Crippen molar-refractivity contribution in [1.29, 1.82) is 0 Å². The molecule has 0 bridgehead atoms. The van der Waals surface area contributed by atoms with E-state index in [1.54, 1.807) is 12.5 Å². The van der Waals surface area contributed by atoms with E-state index in [9.17, 15) is 0 Å². The summed E-state index contributed by atoms with van der Waals surface area (Å²) in [6.07, 6.45) is 6.20. The Hall–Kier alpha value is -4.57. The minimum atomic E-state index is -0.122. The van der Waals surface area contributed by atoms with E-state index in [0.717, 1.165) is 16.7 Å². The Kier molecular flexibility index (Phi) is 5.65. The molecule has 4 aromatic carbocycles. The summed E-state index contributed by atoms with van der Waals surface area (Å²) in [5, 5.41) is 0. The Morgan fingerprint density at radius 1 is 0.784 bits per heavy atom. The fraction of sp³-hybridized carbons (Fsp3) is 0.121. The van der Waals surface area contributed by atoms with Gasteiger partial charge >= 0.3 is 0 Å². The highest BCUT2D eigenvalue weighted by molar-refractivity contribution is 5.86. The van der Waals surface area contributed by atoms with E-state index in [0.29, 0.717) is 12.5 Å². The Morgan fingerprint density at radius 2 is 1.41 bits per heavy atom. The monoisotopic (exact) mass is 484 g/mol. The third-order valence-corrected chi connectivity index (χ3v) is 7.24. The first-order valence-corrected chi connectivity index (χ1v) is 12.4. The van der Waals surface area contributed by atoms with Gasteiger partial charge in [-0.3, -0.25) is 0 Å². The average molecular weight is 485 g/mol. The van der Waals surface area contributed by atoms with Crippen LogP contribution < -0.4 is 5.73 Å². The molecule has 182 valence electrons. The number of rotatable bonds is 6. The van der Waals surface area contributed by atoms with Gasteiger partial charge in [-0.25, -0.2) is 4.98 Å². The first kappa shape index (κ1) is 22.9. The second-order valence-corrected chi connectivity index (χ2v) is 9.90. The molecule has 0 amide bonds. The van der Waals surface area contributed by atoms with E-state index in [1.807, 2.05) is 6.07 Å². The zero-order valence-electron chi connectivity index (χ0n) is 20.9. The molecule has 1 heterocycles. The zero-order valence-corrected chi connectivity index (χ0v) is 20.9. The Labute approximate surface area is 217 Å². The Balaban J connectivity index is 1.35. The van der Waals surface area contributed by atoms with Gasteiger partial charge in [0.15, 0.2) is 0 Å². The lowest BCUT2D eigenvalue weighted by Crippen LogP contribution is -2.15. The highest BCUT2D eigenvalue weighted by Gasteiger charge is 2.35. The zero-order chi connectivity index (χ0) is 25.4. The predicted molar refractivity (Wildman–Crippen MR) is 148 cm³/mol. The lowest BCUT2D eigenvalue weighted by atomic mass is 9.80. The Morgan fingerprint density at radius 3 is 2.05 bits per heavy atom. The van der Waals surface area contributed by atoms with Crippen LogP contribution in [0.1, 0.15) is 30.5 Å². The van der Waals surface area contributed by atoms with Crippen molar-refractivity contribution in [2.75, 3.05) is 0 Å². The summed E-state index contributed by atoms with van der Waals surface area (Å²) in [5.74, 6) is 0.634. The normalized spacial score (nSPS) is 13.5. The van der Waals surface area contributed by atoms with Crippen LogP contribution in [0, 0.1) is 0 Å². The van der Waals surface area contributed by atoms with Crippen molar-refractivity contribution >= 4 is 0 Å². The number of ether oxygens (including phenoxy) is 1. The van der Waals surface area contributed by atoms with Gasteiger partial charge in [-0.05, 0) is 80.4 Å². The van der Waals surface area contributed by atoms with Crippen molar-refractivity contribution < 1.29 is 9.15 Å². The number of hydrogen-bond acceptors (Lipinski definition) is 4. The summed E-state index contributed by atoms with van der Waals surface area (Å²) in [6, 6.07) is 30.5. The standard InChI is InChI=1S/C33H28N2O2/c1-33(2)30-19-25(23-6-3-5-22(17-23)21-36-15-13-34)9-11-28(30)29-12-10-26(20-31(29)33)24-7-4-8-27(18-24)32-35-14-16-37-32/h3-20H,21,34H2,1-2H3/b15-13-. The fourth-order valence-electron chi connectivity index (χ4n) is 5.34. The van der Waals surface area contributed by atoms with E-state index in [4.69, 9.17) is 14.9 Å². The van der Waals surface area contributed by atoms with Crippen LogP contribution in [0.5, 0.6) is 0 Å². The van der Waals surface area contributed by atoms with E-state index < -0.39 is 0 Å². The summed E-state index contributed by atoms with van der Waals surface area (Å²) in [5.41, 5.74) is 17.4. The van der Waals surface area contributed by atoms with E-state index in [2.05, 4.69) is 97.7 Å². The number of hydrogen-bond donors (Lipinski definition) is 1. The first-order valence-electron chi connectivity index (χ1n) is 12.4. The molecule has 2 N–H and O–H groups in total. The summed E-state index contributed by atoms with van der Waals surface area (Å²) < 4.78 is 11.0. The SMILES string of the molecule is CC1(C)c2cc(-c3cccc(CO/C=C\N)c3)ccc2-c2ccc(-c3cccc(-c4ncco4)c3)cc21. The molecule has 0 saturated heterocycles. The lowest BCUT2D eigenvalue weighted by Gasteiger charge is -2.22. The molecule has 0 unspecified atom stereocenters. The maximum atomic E-state index is 5.51. The van der Waals surface area contributed by atoms with Crippen LogP contribution in [0.3, 0.4) is 0 Å². The van der Waals surface area contributed by atoms with Crippen molar-refractivity contribution in [3.05, 3.63) is 127 Å². The fourth-order valence-corrected chi connectivity index (χ4v) is 5.34. The highest BCUT2D eigenvalue weighted by Crippen LogP contribution is 2.50. The number of nitrogens with zero attached hydrogens (tertiary/aromatic N) is 1. The van der Waals surface area contributed by atoms with Gasteiger partial charge in [0.1, 0.15) is 12.9 Å². The smallest absolute Gasteiger partial charge is 0.225 e. The van der Waals surface area contributed by atoms with Gasteiger partial charge in [0, 0.05) is 17.2 Å². The molecule has 4 heteroatoms. The van der Waals surface area contributed by atoms with Crippen molar-refractivity contribution in [2.24, 2.45) is 5.73 Å². The van der Waals surface area contributed by atoms with E-state index >= 15 is 0 Å². The molecule has 0 fully saturated rings. The van der Waals surface area contributed by atoms with Crippen LogP contribution in [0.4, 0.5) is 0 Å². The van der Waals surface area contributed by atoms with E-state index in [1.165, 1.54) is 51.4 Å². The Bertz CT molecular complexity index is 1610. The number of oxazole rings is 1. The minimum Gasteiger partial charge on any atom is -0.495 e. The third kappa shape index (κ3) is 4.11. The van der Waals surface area contributed by atoms with Crippen molar-refractivity contribution in [3.8, 4) is 44.8 Å². The number of nitrogens with two attached hydrogens (primary N) is 1. The molecule has 6 rings (SSSR count). The third-order valence-electron chi connectivity index (χ3n) is 7.24. The van der Waals surface area contributed by atoms with Gasteiger partial charge in [0.25, 0.3) is 0 Å². The molecule has 1 aromatic heterocycles. The maximum absolute atomic E-state index is 5.51. The minimum absolute atomic E-state index is 0.122. The van der Waals surface area contributed by atoms with Gasteiger partial charge in [0.05, 0.1) is 12.5 Å². The molecule has 1 aliphatic rings. The van der Waals surface area contributed by atoms with Crippen LogP contribution in [-0.4, -0.2) is 4.98 Å². The molecule has 0 spiro atoms.